The third-order valence-electron chi connectivity index (χ3n) is 3.15. The Hall–Kier alpha value is -1.35. The van der Waals surface area contributed by atoms with Crippen molar-refractivity contribution >= 4 is 5.91 Å². The van der Waals surface area contributed by atoms with Crippen LogP contribution in [0.2, 0.25) is 0 Å². The Bertz CT molecular complexity index is 360. The van der Waals surface area contributed by atoms with Gasteiger partial charge in [-0.2, -0.15) is 0 Å². The van der Waals surface area contributed by atoms with Crippen LogP contribution in [0, 0.1) is 5.92 Å². The predicted molar refractivity (Wildman–Crippen MR) is 70.4 cm³/mol. The van der Waals surface area contributed by atoms with Crippen molar-refractivity contribution in [1.29, 1.82) is 0 Å². The summed E-state index contributed by atoms with van der Waals surface area (Å²) in [5, 5.41) is 2.91. The van der Waals surface area contributed by atoms with E-state index < -0.39 is 5.54 Å². The Morgan fingerprint density at radius 3 is 2.53 bits per heavy atom. The number of hydrogen-bond donors (Lipinski definition) is 2. The van der Waals surface area contributed by atoms with Gasteiger partial charge >= 0.3 is 0 Å². The van der Waals surface area contributed by atoms with Crippen molar-refractivity contribution in [2.75, 3.05) is 6.54 Å². The maximum absolute atomic E-state index is 12.0. The summed E-state index contributed by atoms with van der Waals surface area (Å²) in [4.78, 5) is 12.0. The van der Waals surface area contributed by atoms with Gasteiger partial charge in [0.1, 0.15) is 5.54 Å². The van der Waals surface area contributed by atoms with E-state index in [-0.39, 0.29) is 5.91 Å². The van der Waals surface area contributed by atoms with Crippen LogP contribution in [0.5, 0.6) is 0 Å². The molecule has 17 heavy (non-hydrogen) atoms. The maximum Gasteiger partial charge on any atom is 0.244 e. The molecule has 0 aliphatic heterocycles. The molecule has 1 amide bonds. The monoisotopic (exact) mass is 234 g/mol. The summed E-state index contributed by atoms with van der Waals surface area (Å²) in [5.74, 6) is 0.356. The van der Waals surface area contributed by atoms with Gasteiger partial charge in [0.25, 0.3) is 0 Å². The van der Waals surface area contributed by atoms with Gasteiger partial charge in [0.2, 0.25) is 5.91 Å². The van der Waals surface area contributed by atoms with Crippen LogP contribution in [0.15, 0.2) is 30.3 Å². The van der Waals surface area contributed by atoms with Crippen LogP contribution in [-0.2, 0) is 10.3 Å². The molecule has 0 radical (unpaired) electrons. The SMILES string of the molecule is CCC(C)CNC(=O)C(C)(N)c1ccccc1. The Labute approximate surface area is 103 Å². The van der Waals surface area contributed by atoms with E-state index in [0.717, 1.165) is 12.0 Å². The summed E-state index contributed by atoms with van der Waals surface area (Å²) in [5.41, 5.74) is 5.97. The van der Waals surface area contributed by atoms with Crippen molar-refractivity contribution < 1.29 is 4.79 Å². The van der Waals surface area contributed by atoms with Gasteiger partial charge in [-0.1, -0.05) is 50.6 Å². The summed E-state index contributed by atoms with van der Waals surface area (Å²) in [6.07, 6.45) is 1.05. The molecule has 3 N–H and O–H groups in total. The van der Waals surface area contributed by atoms with Crippen LogP contribution < -0.4 is 11.1 Å². The lowest BCUT2D eigenvalue weighted by molar-refractivity contribution is -0.126. The third kappa shape index (κ3) is 3.56. The Kier molecular flexibility index (Phi) is 4.70. The molecule has 0 fully saturated rings. The topological polar surface area (TPSA) is 55.1 Å². The van der Waals surface area contributed by atoms with Crippen molar-refractivity contribution in [3.05, 3.63) is 35.9 Å². The minimum absolute atomic E-state index is 0.121. The minimum Gasteiger partial charge on any atom is -0.354 e. The first-order valence-electron chi connectivity index (χ1n) is 6.11. The average Bonchev–Trinajstić information content (AvgIpc) is 2.36. The van der Waals surface area contributed by atoms with Gasteiger partial charge in [-0.25, -0.2) is 0 Å². The zero-order valence-corrected chi connectivity index (χ0v) is 10.9. The fourth-order valence-corrected chi connectivity index (χ4v) is 1.51. The number of carbonyl (C=O) groups is 1. The quantitative estimate of drug-likeness (QED) is 0.819. The van der Waals surface area contributed by atoms with Gasteiger partial charge in [-0.05, 0) is 18.4 Å². The van der Waals surface area contributed by atoms with E-state index in [1.54, 1.807) is 6.92 Å². The van der Waals surface area contributed by atoms with Crippen LogP contribution in [0.1, 0.15) is 32.8 Å². The maximum atomic E-state index is 12.0. The molecule has 0 aliphatic rings. The second kappa shape index (κ2) is 5.82. The molecule has 2 unspecified atom stereocenters. The van der Waals surface area contributed by atoms with Crippen molar-refractivity contribution in [3.8, 4) is 0 Å². The van der Waals surface area contributed by atoms with Gasteiger partial charge in [-0.15, -0.1) is 0 Å². The van der Waals surface area contributed by atoms with Gasteiger partial charge < -0.3 is 11.1 Å². The number of nitrogens with two attached hydrogens (primary N) is 1. The van der Waals surface area contributed by atoms with Crippen LogP contribution >= 0.6 is 0 Å². The lowest BCUT2D eigenvalue weighted by Crippen LogP contribution is -2.49. The Morgan fingerprint density at radius 1 is 1.41 bits per heavy atom. The van der Waals surface area contributed by atoms with Gasteiger partial charge in [-0.3, -0.25) is 4.79 Å². The summed E-state index contributed by atoms with van der Waals surface area (Å²) in [7, 11) is 0. The molecule has 0 aromatic heterocycles. The molecule has 1 aromatic carbocycles. The van der Waals surface area contributed by atoms with E-state index in [4.69, 9.17) is 5.73 Å². The van der Waals surface area contributed by atoms with Gasteiger partial charge in [0, 0.05) is 6.54 Å². The number of hydrogen-bond acceptors (Lipinski definition) is 2. The molecule has 2 atom stereocenters. The first-order valence-corrected chi connectivity index (χ1v) is 6.11. The third-order valence-corrected chi connectivity index (χ3v) is 3.15. The highest BCUT2D eigenvalue weighted by atomic mass is 16.2. The first kappa shape index (κ1) is 13.7. The molecular formula is C14H22N2O. The highest BCUT2D eigenvalue weighted by Gasteiger charge is 2.30. The highest BCUT2D eigenvalue weighted by molar-refractivity contribution is 5.86. The van der Waals surface area contributed by atoms with Crippen molar-refractivity contribution in [2.45, 2.75) is 32.7 Å². The average molecular weight is 234 g/mol. The summed E-state index contributed by atoms with van der Waals surface area (Å²) in [6, 6.07) is 9.45. The standard InChI is InChI=1S/C14H22N2O/c1-4-11(2)10-16-13(17)14(3,15)12-8-6-5-7-9-12/h5-9,11H,4,10,15H2,1-3H3,(H,16,17). The predicted octanol–water partition coefficient (Wildman–Crippen LogP) is 2.02. The Balaban J connectivity index is 2.67. The highest BCUT2D eigenvalue weighted by Crippen LogP contribution is 2.17. The van der Waals surface area contributed by atoms with Crippen molar-refractivity contribution in [1.82, 2.24) is 5.32 Å². The molecule has 0 saturated heterocycles. The Morgan fingerprint density at radius 2 is 2.00 bits per heavy atom. The molecule has 3 nitrogen and oxygen atoms in total. The van der Waals surface area contributed by atoms with E-state index in [2.05, 4.69) is 19.2 Å². The summed E-state index contributed by atoms with van der Waals surface area (Å²) in [6.45, 7) is 6.63. The summed E-state index contributed by atoms with van der Waals surface area (Å²) < 4.78 is 0. The van der Waals surface area contributed by atoms with Crippen LogP contribution in [0.3, 0.4) is 0 Å². The number of amides is 1. The molecule has 1 rings (SSSR count). The van der Waals surface area contributed by atoms with Crippen molar-refractivity contribution in [3.63, 3.8) is 0 Å². The van der Waals surface area contributed by atoms with Gasteiger partial charge in [0.05, 0.1) is 0 Å². The lowest BCUT2D eigenvalue weighted by atomic mass is 9.92. The molecule has 0 saturated carbocycles. The van der Waals surface area contributed by atoms with Crippen molar-refractivity contribution in [2.24, 2.45) is 11.7 Å². The molecular weight excluding hydrogens is 212 g/mol. The lowest BCUT2D eigenvalue weighted by Gasteiger charge is -2.25. The fourth-order valence-electron chi connectivity index (χ4n) is 1.51. The molecule has 3 heteroatoms. The smallest absolute Gasteiger partial charge is 0.244 e. The van der Waals surface area contributed by atoms with Gasteiger partial charge in [0.15, 0.2) is 0 Å². The molecule has 94 valence electrons. The van der Waals surface area contributed by atoms with Crippen LogP contribution in [0.25, 0.3) is 0 Å². The molecule has 0 bridgehead atoms. The van der Waals surface area contributed by atoms with Crippen LogP contribution in [0.4, 0.5) is 0 Å². The first-order chi connectivity index (χ1) is 7.98. The summed E-state index contributed by atoms with van der Waals surface area (Å²) >= 11 is 0. The van der Waals surface area contributed by atoms with E-state index >= 15 is 0 Å². The molecule has 1 aromatic rings. The zero-order valence-electron chi connectivity index (χ0n) is 10.9. The number of rotatable bonds is 5. The normalized spacial score (nSPS) is 16.0. The fraction of sp³-hybridized carbons (Fsp3) is 0.500. The molecule has 0 heterocycles. The largest absolute Gasteiger partial charge is 0.354 e. The van der Waals surface area contributed by atoms with E-state index in [9.17, 15) is 4.79 Å². The number of benzene rings is 1. The molecule has 0 aliphatic carbocycles. The number of carbonyl (C=O) groups excluding carboxylic acids is 1. The van der Waals surface area contributed by atoms with Crippen LogP contribution in [-0.4, -0.2) is 12.5 Å². The minimum atomic E-state index is -0.964. The zero-order chi connectivity index (χ0) is 12.9. The number of nitrogens with one attached hydrogen (secondary N) is 1. The van der Waals surface area contributed by atoms with E-state index in [0.29, 0.717) is 12.5 Å². The second-order valence-electron chi connectivity index (χ2n) is 4.79. The molecule has 0 spiro atoms. The van der Waals surface area contributed by atoms with E-state index in [1.165, 1.54) is 0 Å². The second-order valence-corrected chi connectivity index (χ2v) is 4.79. The van der Waals surface area contributed by atoms with E-state index in [1.807, 2.05) is 30.3 Å².